The van der Waals surface area contributed by atoms with Gasteiger partial charge < -0.3 is 4.74 Å². The zero-order valence-electron chi connectivity index (χ0n) is 17.1. The van der Waals surface area contributed by atoms with E-state index in [9.17, 15) is 9.59 Å². The third-order valence-corrected chi connectivity index (χ3v) is 6.30. The smallest absolute Gasteiger partial charge is 0.313 e. The highest BCUT2D eigenvalue weighted by atomic mass is 35.5. The number of aromatic nitrogens is 1. The minimum atomic E-state index is -0.418. The minimum Gasteiger partial charge on any atom is -0.460 e. The first-order valence-electron chi connectivity index (χ1n) is 10.5. The first-order valence-corrected chi connectivity index (χ1v) is 10.9. The van der Waals surface area contributed by atoms with Gasteiger partial charge in [0.15, 0.2) is 0 Å². The molecule has 1 aliphatic carbocycles. The zero-order valence-corrected chi connectivity index (χ0v) is 17.9. The van der Waals surface area contributed by atoms with Gasteiger partial charge in [0.05, 0.1) is 11.4 Å². The molecule has 4 rings (SSSR count). The second-order valence-corrected chi connectivity index (χ2v) is 8.60. The van der Waals surface area contributed by atoms with Crippen LogP contribution in [0.5, 0.6) is 0 Å². The van der Waals surface area contributed by atoms with Crippen molar-refractivity contribution < 1.29 is 14.3 Å². The van der Waals surface area contributed by atoms with Crippen LogP contribution in [-0.4, -0.2) is 16.4 Å². The van der Waals surface area contributed by atoms with Gasteiger partial charge in [-0.1, -0.05) is 67.6 Å². The molecule has 1 atom stereocenters. The van der Waals surface area contributed by atoms with Crippen molar-refractivity contribution in [2.24, 2.45) is 5.92 Å². The van der Waals surface area contributed by atoms with Crippen molar-refractivity contribution >= 4 is 34.4 Å². The van der Waals surface area contributed by atoms with Crippen molar-refractivity contribution in [2.45, 2.75) is 51.6 Å². The quantitative estimate of drug-likeness (QED) is 0.433. The van der Waals surface area contributed by atoms with Crippen LogP contribution in [-0.2, 0) is 16.1 Å². The molecule has 0 saturated heterocycles. The lowest BCUT2D eigenvalue weighted by molar-refractivity contribution is -0.147. The Morgan fingerprint density at radius 2 is 1.87 bits per heavy atom. The minimum absolute atomic E-state index is 0.0918. The Morgan fingerprint density at radius 1 is 1.13 bits per heavy atom. The van der Waals surface area contributed by atoms with Gasteiger partial charge in [-0.15, -0.1) is 0 Å². The number of carbonyl (C=O) groups is 2. The molecule has 0 N–H and O–H groups in total. The van der Waals surface area contributed by atoms with Gasteiger partial charge in [-0.25, -0.2) is 0 Å². The van der Waals surface area contributed by atoms with Crippen LogP contribution in [0.25, 0.3) is 10.9 Å². The van der Waals surface area contributed by atoms with Gasteiger partial charge in [0.25, 0.3) is 0 Å². The highest BCUT2D eigenvalue weighted by molar-refractivity contribution is 6.31. The first-order chi connectivity index (χ1) is 14.5. The molecule has 2 aromatic carbocycles. The Morgan fingerprint density at radius 3 is 2.57 bits per heavy atom. The summed E-state index contributed by atoms with van der Waals surface area (Å²) in [5, 5.41) is 1.43. The van der Waals surface area contributed by atoms with E-state index < -0.39 is 5.92 Å². The van der Waals surface area contributed by atoms with Gasteiger partial charge in [0, 0.05) is 23.5 Å². The standard InChI is InChI=1S/C25H26ClNO3/c1-17(28)27-15-23(21-14-20(26)11-12-24(21)27)22(13-18-7-5-6-8-18)25(29)30-16-19-9-3-2-4-10-19/h2-4,9-12,14-15,18,22H,5-8,13,16H2,1H3. The molecule has 1 aromatic heterocycles. The maximum Gasteiger partial charge on any atom is 0.313 e. The molecule has 4 nitrogen and oxygen atoms in total. The Bertz CT molecular complexity index is 1050. The van der Waals surface area contributed by atoms with Crippen LogP contribution < -0.4 is 0 Å². The highest BCUT2D eigenvalue weighted by Gasteiger charge is 2.31. The molecule has 0 spiro atoms. The molecule has 156 valence electrons. The van der Waals surface area contributed by atoms with Gasteiger partial charge in [-0.05, 0) is 41.7 Å². The van der Waals surface area contributed by atoms with E-state index in [1.54, 1.807) is 16.8 Å². The second-order valence-electron chi connectivity index (χ2n) is 8.17. The second kappa shape index (κ2) is 9.05. The van der Waals surface area contributed by atoms with E-state index in [4.69, 9.17) is 16.3 Å². The topological polar surface area (TPSA) is 48.3 Å². The largest absolute Gasteiger partial charge is 0.460 e. The average molecular weight is 424 g/mol. The Hall–Kier alpha value is -2.59. The predicted octanol–water partition coefficient (Wildman–Crippen LogP) is 6.36. The molecule has 0 aliphatic heterocycles. The summed E-state index contributed by atoms with van der Waals surface area (Å²) in [7, 11) is 0. The van der Waals surface area contributed by atoms with Crippen molar-refractivity contribution in [1.29, 1.82) is 0 Å². The normalized spacial score (nSPS) is 15.4. The summed E-state index contributed by atoms with van der Waals surface area (Å²) < 4.78 is 7.34. The van der Waals surface area contributed by atoms with Crippen LogP contribution in [0, 0.1) is 5.92 Å². The summed E-state index contributed by atoms with van der Waals surface area (Å²) in [5.41, 5.74) is 2.56. The number of nitrogens with zero attached hydrogens (tertiary/aromatic N) is 1. The summed E-state index contributed by atoms with van der Waals surface area (Å²) in [6, 6.07) is 15.1. The van der Waals surface area contributed by atoms with Crippen LogP contribution in [0.1, 0.15) is 60.9 Å². The summed E-state index contributed by atoms with van der Waals surface area (Å²) in [5.74, 6) is -0.258. The Labute approximate surface area is 181 Å². The predicted molar refractivity (Wildman–Crippen MR) is 119 cm³/mol. The van der Waals surface area contributed by atoms with Crippen LogP contribution >= 0.6 is 11.6 Å². The molecule has 5 heteroatoms. The van der Waals surface area contributed by atoms with Crippen molar-refractivity contribution in [1.82, 2.24) is 4.57 Å². The SMILES string of the molecule is CC(=O)n1cc(C(CC2CCCC2)C(=O)OCc2ccccc2)c2cc(Cl)ccc21. The summed E-state index contributed by atoms with van der Waals surface area (Å²) in [6.45, 7) is 1.77. The van der Waals surface area contributed by atoms with Gasteiger partial charge in [0.2, 0.25) is 5.91 Å². The van der Waals surface area contributed by atoms with E-state index in [0.29, 0.717) is 10.9 Å². The van der Waals surface area contributed by atoms with E-state index in [-0.39, 0.29) is 18.5 Å². The number of ether oxygens (including phenoxy) is 1. The number of benzene rings is 2. The molecule has 1 saturated carbocycles. The molecule has 30 heavy (non-hydrogen) atoms. The number of esters is 1. The maximum atomic E-state index is 13.3. The fraction of sp³-hybridized carbons (Fsp3) is 0.360. The monoisotopic (exact) mass is 423 g/mol. The van der Waals surface area contributed by atoms with E-state index >= 15 is 0 Å². The van der Waals surface area contributed by atoms with Gasteiger partial charge in [-0.2, -0.15) is 0 Å². The lowest BCUT2D eigenvalue weighted by Gasteiger charge is -2.19. The van der Waals surface area contributed by atoms with Gasteiger partial charge >= 0.3 is 5.97 Å². The Balaban J connectivity index is 1.69. The molecule has 1 aliphatic rings. The number of halogens is 1. The third kappa shape index (κ3) is 4.44. The third-order valence-electron chi connectivity index (χ3n) is 6.06. The number of carbonyl (C=O) groups excluding carboxylic acids is 2. The summed E-state index contributed by atoms with van der Waals surface area (Å²) in [6.07, 6.45) is 7.21. The van der Waals surface area contributed by atoms with Gasteiger partial charge in [0.1, 0.15) is 6.61 Å². The average Bonchev–Trinajstić information content (AvgIpc) is 3.38. The molecule has 0 radical (unpaired) electrons. The molecule has 0 amide bonds. The first kappa shape index (κ1) is 20.7. The maximum absolute atomic E-state index is 13.3. The lowest BCUT2D eigenvalue weighted by atomic mass is 9.87. The zero-order chi connectivity index (χ0) is 21.1. The van der Waals surface area contributed by atoms with E-state index in [1.807, 2.05) is 42.5 Å². The summed E-state index contributed by atoms with van der Waals surface area (Å²) in [4.78, 5) is 25.5. The summed E-state index contributed by atoms with van der Waals surface area (Å²) >= 11 is 6.26. The molecular weight excluding hydrogens is 398 g/mol. The Kier molecular flexibility index (Phi) is 6.24. The van der Waals surface area contributed by atoms with Crippen LogP contribution in [0.3, 0.4) is 0 Å². The highest BCUT2D eigenvalue weighted by Crippen LogP contribution is 2.38. The number of hydrogen-bond donors (Lipinski definition) is 0. The number of hydrogen-bond acceptors (Lipinski definition) is 3. The number of rotatable bonds is 6. The molecule has 1 heterocycles. The van der Waals surface area contributed by atoms with Crippen LogP contribution in [0.2, 0.25) is 5.02 Å². The lowest BCUT2D eigenvalue weighted by Crippen LogP contribution is -2.19. The molecule has 3 aromatic rings. The van der Waals surface area contributed by atoms with Crippen molar-refractivity contribution in [3.63, 3.8) is 0 Å². The molecule has 1 fully saturated rings. The van der Waals surface area contributed by atoms with Gasteiger partial charge in [-0.3, -0.25) is 14.2 Å². The van der Waals surface area contributed by atoms with Crippen molar-refractivity contribution in [3.05, 3.63) is 70.9 Å². The number of fused-ring (bicyclic) bond motifs is 1. The van der Waals surface area contributed by atoms with Crippen LogP contribution in [0.4, 0.5) is 0 Å². The molecule has 0 bridgehead atoms. The van der Waals surface area contributed by atoms with Crippen molar-refractivity contribution in [3.8, 4) is 0 Å². The van der Waals surface area contributed by atoms with Crippen LogP contribution in [0.15, 0.2) is 54.7 Å². The van der Waals surface area contributed by atoms with E-state index in [1.165, 1.54) is 19.8 Å². The van der Waals surface area contributed by atoms with E-state index in [2.05, 4.69) is 0 Å². The fourth-order valence-electron chi connectivity index (χ4n) is 4.52. The fourth-order valence-corrected chi connectivity index (χ4v) is 4.70. The van der Waals surface area contributed by atoms with Crippen molar-refractivity contribution in [2.75, 3.05) is 0 Å². The van der Waals surface area contributed by atoms with E-state index in [0.717, 1.165) is 41.3 Å². The molecular formula is C25H26ClNO3. The molecule has 1 unspecified atom stereocenters.